The zero-order chi connectivity index (χ0) is 20.9. The second-order valence-corrected chi connectivity index (χ2v) is 9.39. The van der Waals surface area contributed by atoms with Gasteiger partial charge in [-0.15, -0.1) is 0 Å². The van der Waals surface area contributed by atoms with E-state index < -0.39 is 0 Å². The summed E-state index contributed by atoms with van der Waals surface area (Å²) in [5.41, 5.74) is 17.7. The van der Waals surface area contributed by atoms with Crippen LogP contribution in [0, 0.1) is 13.8 Å². The van der Waals surface area contributed by atoms with E-state index in [1.165, 1.54) is 73.2 Å². The lowest BCUT2D eigenvalue weighted by molar-refractivity contribution is 0.810. The number of aryl methyl sites for hydroxylation is 4. The fourth-order valence-electron chi connectivity index (χ4n) is 5.69. The summed E-state index contributed by atoms with van der Waals surface area (Å²) in [5.74, 6) is 0. The van der Waals surface area contributed by atoms with Crippen LogP contribution < -0.4 is 0 Å². The zero-order valence-corrected chi connectivity index (χ0v) is 18.5. The molecule has 4 aromatic rings. The number of benzene rings is 4. The Morgan fingerprint density at radius 2 is 0.968 bits per heavy atom. The molecule has 0 unspecified atom stereocenters. The van der Waals surface area contributed by atoms with Crippen molar-refractivity contribution >= 4 is 0 Å². The van der Waals surface area contributed by atoms with Crippen LogP contribution in [0.2, 0.25) is 0 Å². The van der Waals surface area contributed by atoms with E-state index in [-0.39, 0.29) is 0 Å². The second-order valence-electron chi connectivity index (χ2n) is 9.39. The molecule has 2 aliphatic carbocycles. The standard InChI is InChI=1S/C31H28/c1-20-14-30-26(18-24-8-3-5-12-28(24)30)16-22(20)10-7-11-23-17-27-19-25-9-4-6-13-29(25)31(27)15-21(23)2/h3-6,8-9,12-17H,7,10-11,18-19H2,1-2H3. The van der Waals surface area contributed by atoms with E-state index in [2.05, 4.69) is 86.6 Å². The molecule has 2 aliphatic rings. The molecule has 0 N–H and O–H groups in total. The Labute approximate surface area is 185 Å². The smallest absolute Gasteiger partial charge is 0.00134 e. The predicted octanol–water partition coefficient (Wildman–Crippen LogP) is 7.62. The molecule has 4 aromatic carbocycles. The van der Waals surface area contributed by atoms with Gasteiger partial charge in [0.1, 0.15) is 0 Å². The molecule has 0 heterocycles. The summed E-state index contributed by atoms with van der Waals surface area (Å²) in [6, 6.07) is 27.6. The molecule has 0 heteroatoms. The average molecular weight is 401 g/mol. The Morgan fingerprint density at radius 3 is 1.45 bits per heavy atom. The highest BCUT2D eigenvalue weighted by Gasteiger charge is 2.20. The first-order valence-electron chi connectivity index (χ1n) is 11.6. The summed E-state index contributed by atoms with van der Waals surface area (Å²) in [6.45, 7) is 4.57. The summed E-state index contributed by atoms with van der Waals surface area (Å²) in [6.07, 6.45) is 5.70. The molecule has 0 amide bonds. The summed E-state index contributed by atoms with van der Waals surface area (Å²) >= 11 is 0. The lowest BCUT2D eigenvalue weighted by atomic mass is 9.93. The zero-order valence-electron chi connectivity index (χ0n) is 18.5. The molecular formula is C31H28. The minimum atomic E-state index is 1.09. The van der Waals surface area contributed by atoms with Gasteiger partial charge in [0.2, 0.25) is 0 Å². The maximum Gasteiger partial charge on any atom is -0.00134 e. The molecule has 0 aromatic heterocycles. The molecule has 0 spiro atoms. The number of hydrogen-bond acceptors (Lipinski definition) is 0. The third kappa shape index (κ3) is 3.13. The van der Waals surface area contributed by atoms with Gasteiger partial charge in [0.25, 0.3) is 0 Å². The molecule has 31 heavy (non-hydrogen) atoms. The van der Waals surface area contributed by atoms with Crippen molar-refractivity contribution in [1.82, 2.24) is 0 Å². The van der Waals surface area contributed by atoms with Crippen LogP contribution in [-0.2, 0) is 25.7 Å². The predicted molar refractivity (Wildman–Crippen MR) is 131 cm³/mol. The van der Waals surface area contributed by atoms with Crippen LogP contribution in [-0.4, -0.2) is 0 Å². The molecule has 0 radical (unpaired) electrons. The topological polar surface area (TPSA) is 0 Å². The Hall–Kier alpha value is -3.12. The van der Waals surface area contributed by atoms with Crippen LogP contribution in [0.3, 0.4) is 0 Å². The first-order chi connectivity index (χ1) is 15.2. The lowest BCUT2D eigenvalue weighted by Gasteiger charge is -2.12. The van der Waals surface area contributed by atoms with Crippen molar-refractivity contribution in [2.75, 3.05) is 0 Å². The van der Waals surface area contributed by atoms with Crippen molar-refractivity contribution < 1.29 is 0 Å². The van der Waals surface area contributed by atoms with Gasteiger partial charge in [-0.25, -0.2) is 0 Å². The van der Waals surface area contributed by atoms with Crippen LogP contribution in [0.1, 0.15) is 50.9 Å². The maximum absolute atomic E-state index is 2.48. The number of hydrogen-bond donors (Lipinski definition) is 0. The Bertz CT molecular complexity index is 1220. The Balaban J connectivity index is 1.19. The van der Waals surface area contributed by atoms with E-state index in [1.54, 1.807) is 0 Å². The average Bonchev–Trinajstić information content (AvgIpc) is 3.31. The quantitative estimate of drug-likeness (QED) is 0.285. The van der Waals surface area contributed by atoms with Gasteiger partial charge < -0.3 is 0 Å². The third-order valence-corrected chi connectivity index (χ3v) is 7.39. The Morgan fingerprint density at radius 1 is 0.516 bits per heavy atom. The molecule has 0 atom stereocenters. The van der Waals surface area contributed by atoms with Crippen LogP contribution in [0.15, 0.2) is 72.8 Å². The fraction of sp³-hybridized carbons (Fsp3) is 0.226. The number of fused-ring (bicyclic) bond motifs is 6. The second kappa shape index (κ2) is 7.24. The van der Waals surface area contributed by atoms with Gasteiger partial charge in [0.15, 0.2) is 0 Å². The highest BCUT2D eigenvalue weighted by molar-refractivity contribution is 5.78. The van der Waals surface area contributed by atoms with Crippen molar-refractivity contribution in [1.29, 1.82) is 0 Å². The van der Waals surface area contributed by atoms with Crippen molar-refractivity contribution in [2.45, 2.75) is 46.0 Å². The fourth-order valence-corrected chi connectivity index (χ4v) is 5.69. The summed E-state index contributed by atoms with van der Waals surface area (Å²) in [5, 5.41) is 0. The minimum absolute atomic E-state index is 1.09. The van der Waals surface area contributed by atoms with Crippen molar-refractivity contribution in [2.24, 2.45) is 0 Å². The van der Waals surface area contributed by atoms with Gasteiger partial charge >= 0.3 is 0 Å². The highest BCUT2D eigenvalue weighted by Crippen LogP contribution is 2.39. The molecule has 0 nitrogen and oxygen atoms in total. The van der Waals surface area contributed by atoms with Gasteiger partial charge in [-0.3, -0.25) is 0 Å². The third-order valence-electron chi connectivity index (χ3n) is 7.39. The van der Waals surface area contributed by atoms with E-state index >= 15 is 0 Å². The summed E-state index contributed by atoms with van der Waals surface area (Å²) in [7, 11) is 0. The SMILES string of the molecule is Cc1cc2c(cc1CCCc1cc3c(cc1C)-c1ccccc1C3)Cc1ccccc1-2. The normalized spacial score (nSPS) is 13.0. The highest BCUT2D eigenvalue weighted by atomic mass is 14.2. The van der Waals surface area contributed by atoms with Crippen LogP contribution >= 0.6 is 0 Å². The van der Waals surface area contributed by atoms with E-state index in [0.717, 1.165) is 25.7 Å². The van der Waals surface area contributed by atoms with Crippen molar-refractivity contribution in [3.05, 3.63) is 117 Å². The molecule has 6 rings (SSSR count). The molecular weight excluding hydrogens is 372 g/mol. The summed E-state index contributed by atoms with van der Waals surface area (Å²) in [4.78, 5) is 0. The monoisotopic (exact) mass is 400 g/mol. The molecule has 0 bridgehead atoms. The van der Waals surface area contributed by atoms with Gasteiger partial charge in [0, 0.05) is 0 Å². The molecule has 0 aliphatic heterocycles. The molecule has 0 fully saturated rings. The molecule has 0 saturated carbocycles. The first-order valence-corrected chi connectivity index (χ1v) is 11.6. The minimum Gasteiger partial charge on any atom is -0.0619 e. The van der Waals surface area contributed by atoms with Gasteiger partial charge in [0.05, 0.1) is 0 Å². The van der Waals surface area contributed by atoms with E-state index in [4.69, 9.17) is 0 Å². The van der Waals surface area contributed by atoms with Gasteiger partial charge in [-0.1, -0.05) is 72.8 Å². The summed E-state index contributed by atoms with van der Waals surface area (Å²) < 4.78 is 0. The lowest BCUT2D eigenvalue weighted by Crippen LogP contribution is -1.98. The van der Waals surface area contributed by atoms with Crippen LogP contribution in [0.5, 0.6) is 0 Å². The van der Waals surface area contributed by atoms with E-state index in [1.807, 2.05) is 0 Å². The first kappa shape index (κ1) is 18.6. The van der Waals surface area contributed by atoms with Crippen molar-refractivity contribution in [3.63, 3.8) is 0 Å². The van der Waals surface area contributed by atoms with E-state index in [9.17, 15) is 0 Å². The van der Waals surface area contributed by atoms with Gasteiger partial charge in [-0.05, 0) is 113 Å². The maximum atomic E-state index is 2.48. The Kier molecular flexibility index (Phi) is 4.35. The van der Waals surface area contributed by atoms with Gasteiger partial charge in [-0.2, -0.15) is 0 Å². The van der Waals surface area contributed by atoms with E-state index in [0.29, 0.717) is 0 Å². The van der Waals surface area contributed by atoms with Crippen molar-refractivity contribution in [3.8, 4) is 22.3 Å². The van der Waals surface area contributed by atoms with Crippen LogP contribution in [0.25, 0.3) is 22.3 Å². The number of rotatable bonds is 4. The van der Waals surface area contributed by atoms with Crippen LogP contribution in [0.4, 0.5) is 0 Å². The molecule has 0 saturated heterocycles. The largest absolute Gasteiger partial charge is 0.0619 e. The molecule has 152 valence electrons.